The summed E-state index contributed by atoms with van der Waals surface area (Å²) in [6, 6.07) is 10.1. The van der Waals surface area contributed by atoms with Gasteiger partial charge < -0.3 is 4.90 Å². The molecule has 0 aliphatic heterocycles. The second-order valence-electron chi connectivity index (χ2n) is 4.18. The third kappa shape index (κ3) is 2.79. The molecular weight excluding hydrogens is 218 g/mol. The van der Waals surface area contributed by atoms with Crippen molar-refractivity contribution in [3.05, 3.63) is 35.9 Å². The van der Waals surface area contributed by atoms with Gasteiger partial charge in [0.15, 0.2) is 0 Å². The third-order valence-electron chi connectivity index (χ3n) is 2.86. The minimum atomic E-state index is -0.263. The fourth-order valence-corrected chi connectivity index (χ4v) is 2.16. The van der Waals surface area contributed by atoms with Crippen molar-refractivity contribution in [2.24, 2.45) is 0 Å². The fraction of sp³-hybridized carbons (Fsp3) is 0.462. The van der Waals surface area contributed by atoms with Crippen molar-refractivity contribution in [1.82, 2.24) is 4.90 Å². The lowest BCUT2D eigenvalue weighted by molar-refractivity contribution is 0.179. The van der Waals surface area contributed by atoms with Gasteiger partial charge in [0.1, 0.15) is 0 Å². The van der Waals surface area contributed by atoms with Gasteiger partial charge in [-0.3, -0.25) is 4.79 Å². The highest BCUT2D eigenvalue weighted by Crippen LogP contribution is 2.28. The number of carbonyl (C=O) groups excluding carboxylic acids is 1. The van der Waals surface area contributed by atoms with E-state index in [2.05, 4.69) is 26.0 Å². The van der Waals surface area contributed by atoms with Crippen LogP contribution in [0.25, 0.3) is 0 Å². The molecular formula is C13H19NOS. The summed E-state index contributed by atoms with van der Waals surface area (Å²) in [6.07, 6.45) is 0. The third-order valence-corrected chi connectivity index (χ3v) is 3.67. The van der Waals surface area contributed by atoms with Crippen LogP contribution in [0, 0.1) is 0 Å². The standard InChI is InChI=1S/C13H19NOS/c1-5-16-12(15)14(4)13(2,3)11-9-7-6-8-10-11/h6-10H,5H2,1-4H3. The van der Waals surface area contributed by atoms with Crippen molar-refractivity contribution in [3.63, 3.8) is 0 Å². The zero-order chi connectivity index (χ0) is 12.2. The van der Waals surface area contributed by atoms with Gasteiger partial charge in [-0.05, 0) is 25.2 Å². The minimum absolute atomic E-state index is 0.122. The molecule has 0 fully saturated rings. The highest BCUT2D eigenvalue weighted by Gasteiger charge is 2.29. The lowest BCUT2D eigenvalue weighted by Gasteiger charge is -2.35. The van der Waals surface area contributed by atoms with E-state index in [1.165, 1.54) is 11.8 Å². The summed E-state index contributed by atoms with van der Waals surface area (Å²) in [5, 5.41) is 0.122. The normalized spacial score (nSPS) is 11.2. The average Bonchev–Trinajstić information content (AvgIpc) is 2.29. The minimum Gasteiger partial charge on any atom is -0.327 e. The van der Waals surface area contributed by atoms with Crippen LogP contribution in [0.5, 0.6) is 0 Å². The predicted octanol–water partition coefficient (Wildman–Crippen LogP) is 3.73. The van der Waals surface area contributed by atoms with Crippen LogP contribution in [0.1, 0.15) is 26.3 Å². The summed E-state index contributed by atoms with van der Waals surface area (Å²) >= 11 is 1.35. The molecule has 1 aromatic rings. The first kappa shape index (κ1) is 13.1. The highest BCUT2D eigenvalue weighted by atomic mass is 32.2. The molecule has 16 heavy (non-hydrogen) atoms. The molecule has 0 N–H and O–H groups in total. The van der Waals surface area contributed by atoms with Crippen LogP contribution in [0.4, 0.5) is 4.79 Å². The Morgan fingerprint density at radius 1 is 1.31 bits per heavy atom. The highest BCUT2D eigenvalue weighted by molar-refractivity contribution is 8.13. The molecule has 0 spiro atoms. The van der Waals surface area contributed by atoms with Gasteiger partial charge in [-0.2, -0.15) is 0 Å². The van der Waals surface area contributed by atoms with Crippen molar-refractivity contribution in [1.29, 1.82) is 0 Å². The monoisotopic (exact) mass is 237 g/mol. The van der Waals surface area contributed by atoms with Crippen molar-refractivity contribution in [2.45, 2.75) is 26.3 Å². The van der Waals surface area contributed by atoms with Gasteiger partial charge in [-0.25, -0.2) is 0 Å². The Balaban J connectivity index is 2.89. The van der Waals surface area contributed by atoms with E-state index in [1.807, 2.05) is 32.2 Å². The van der Waals surface area contributed by atoms with E-state index >= 15 is 0 Å². The van der Waals surface area contributed by atoms with Crippen LogP contribution in [-0.2, 0) is 5.54 Å². The van der Waals surface area contributed by atoms with Gasteiger partial charge >= 0.3 is 0 Å². The second-order valence-corrected chi connectivity index (χ2v) is 5.40. The summed E-state index contributed by atoms with van der Waals surface area (Å²) in [5.74, 6) is 0.814. The first-order chi connectivity index (χ1) is 7.50. The van der Waals surface area contributed by atoms with Crippen LogP contribution < -0.4 is 0 Å². The zero-order valence-corrected chi connectivity index (χ0v) is 11.2. The predicted molar refractivity (Wildman–Crippen MR) is 70.8 cm³/mol. The maximum Gasteiger partial charge on any atom is 0.282 e. The molecule has 0 aliphatic carbocycles. The number of carbonyl (C=O) groups is 1. The Bertz CT molecular complexity index is 348. The molecule has 2 nitrogen and oxygen atoms in total. The molecule has 0 atom stereocenters. The molecule has 1 aromatic carbocycles. The zero-order valence-electron chi connectivity index (χ0n) is 10.4. The summed E-state index contributed by atoms with van der Waals surface area (Å²) in [4.78, 5) is 13.7. The SMILES string of the molecule is CCSC(=O)N(C)C(C)(C)c1ccccc1. The summed E-state index contributed by atoms with van der Waals surface area (Å²) in [5.41, 5.74) is 0.892. The first-order valence-electron chi connectivity index (χ1n) is 5.46. The van der Waals surface area contributed by atoms with Crippen molar-refractivity contribution in [3.8, 4) is 0 Å². The maximum atomic E-state index is 11.9. The number of hydrogen-bond acceptors (Lipinski definition) is 2. The summed E-state index contributed by atoms with van der Waals surface area (Å²) in [6.45, 7) is 6.12. The van der Waals surface area contributed by atoms with Gasteiger partial charge in [0.2, 0.25) is 0 Å². The topological polar surface area (TPSA) is 20.3 Å². The smallest absolute Gasteiger partial charge is 0.282 e. The fourth-order valence-electron chi connectivity index (χ4n) is 1.49. The van der Waals surface area contributed by atoms with Gasteiger partial charge in [-0.15, -0.1) is 0 Å². The van der Waals surface area contributed by atoms with Crippen LogP contribution in [0.3, 0.4) is 0 Å². The van der Waals surface area contributed by atoms with Crippen LogP contribution in [-0.4, -0.2) is 22.9 Å². The molecule has 3 heteroatoms. The van der Waals surface area contributed by atoms with Gasteiger partial charge in [0, 0.05) is 7.05 Å². The molecule has 0 heterocycles. The second kappa shape index (κ2) is 5.39. The first-order valence-corrected chi connectivity index (χ1v) is 6.44. The lowest BCUT2D eigenvalue weighted by atomic mass is 9.93. The van der Waals surface area contributed by atoms with Crippen LogP contribution in [0.15, 0.2) is 30.3 Å². The summed E-state index contributed by atoms with van der Waals surface area (Å²) < 4.78 is 0. The van der Waals surface area contributed by atoms with E-state index < -0.39 is 0 Å². The number of rotatable bonds is 3. The van der Waals surface area contributed by atoms with E-state index in [0.717, 1.165) is 11.3 Å². The Morgan fingerprint density at radius 3 is 2.38 bits per heavy atom. The van der Waals surface area contributed by atoms with Crippen molar-refractivity contribution < 1.29 is 4.79 Å². The summed E-state index contributed by atoms with van der Waals surface area (Å²) in [7, 11) is 1.86. The van der Waals surface area contributed by atoms with Gasteiger partial charge in [0.05, 0.1) is 5.54 Å². The molecule has 1 rings (SSSR count). The molecule has 0 aromatic heterocycles. The molecule has 0 saturated carbocycles. The Morgan fingerprint density at radius 2 is 1.88 bits per heavy atom. The van der Waals surface area contributed by atoms with E-state index in [9.17, 15) is 4.79 Å². The molecule has 0 aliphatic rings. The van der Waals surface area contributed by atoms with Crippen LogP contribution in [0.2, 0.25) is 0 Å². The molecule has 88 valence electrons. The Hall–Kier alpha value is -0.960. The molecule has 0 radical (unpaired) electrons. The molecule has 0 bridgehead atoms. The van der Waals surface area contributed by atoms with E-state index in [1.54, 1.807) is 4.90 Å². The maximum absolute atomic E-state index is 11.9. The number of benzene rings is 1. The number of hydrogen-bond donors (Lipinski definition) is 0. The number of nitrogens with zero attached hydrogens (tertiary/aromatic N) is 1. The van der Waals surface area contributed by atoms with Crippen molar-refractivity contribution in [2.75, 3.05) is 12.8 Å². The largest absolute Gasteiger partial charge is 0.327 e. The molecule has 0 saturated heterocycles. The van der Waals surface area contributed by atoms with Gasteiger partial charge in [0.25, 0.3) is 5.24 Å². The van der Waals surface area contributed by atoms with E-state index in [-0.39, 0.29) is 10.8 Å². The Labute approximate surface area is 102 Å². The number of thioether (sulfide) groups is 1. The van der Waals surface area contributed by atoms with E-state index in [0.29, 0.717) is 0 Å². The lowest BCUT2D eigenvalue weighted by Crippen LogP contribution is -2.40. The molecule has 0 unspecified atom stereocenters. The average molecular weight is 237 g/mol. The quantitative estimate of drug-likeness (QED) is 0.798. The van der Waals surface area contributed by atoms with E-state index in [4.69, 9.17) is 0 Å². The molecule has 1 amide bonds. The number of amides is 1. The van der Waals surface area contributed by atoms with Gasteiger partial charge in [-0.1, -0.05) is 49.0 Å². The van der Waals surface area contributed by atoms with Crippen LogP contribution >= 0.6 is 11.8 Å². The Kier molecular flexibility index (Phi) is 4.42. The van der Waals surface area contributed by atoms with Crippen molar-refractivity contribution >= 4 is 17.0 Å².